The second-order valence-electron chi connectivity index (χ2n) is 3.15. The Morgan fingerprint density at radius 2 is 2.06 bits per heavy atom. The first-order valence-electron chi connectivity index (χ1n) is 4.52. The second-order valence-corrected chi connectivity index (χ2v) is 4.23. The normalized spacial score (nSPS) is 10.2. The van der Waals surface area contributed by atoms with Gasteiger partial charge in [0.1, 0.15) is 0 Å². The number of carboxylic acid groups (broad SMARTS) is 1. The van der Waals surface area contributed by atoms with Gasteiger partial charge in [-0.1, -0.05) is 29.3 Å². The Bertz CT molecular complexity index is 384. The van der Waals surface area contributed by atoms with Crippen LogP contribution >= 0.6 is 34.8 Å². The molecule has 3 nitrogen and oxygen atoms in total. The molecule has 0 bridgehead atoms. The van der Waals surface area contributed by atoms with E-state index in [1.807, 2.05) is 0 Å². The average molecular weight is 283 g/mol. The lowest BCUT2D eigenvalue weighted by atomic mass is 10.1. The molecule has 0 heterocycles. The van der Waals surface area contributed by atoms with Crippen molar-refractivity contribution in [3.8, 4) is 0 Å². The smallest absolute Gasteiger partial charge is 0.408 e. The third-order valence-corrected chi connectivity index (χ3v) is 2.96. The minimum Gasteiger partial charge on any atom is -0.465 e. The lowest BCUT2D eigenvalue weighted by Crippen LogP contribution is -2.30. The van der Waals surface area contributed by atoms with Gasteiger partial charge in [-0.15, -0.1) is 11.6 Å². The van der Waals surface area contributed by atoms with Crippen molar-refractivity contribution in [1.29, 1.82) is 0 Å². The van der Waals surface area contributed by atoms with Crippen LogP contribution in [0.2, 0.25) is 10.0 Å². The highest BCUT2D eigenvalue weighted by Crippen LogP contribution is 2.21. The van der Waals surface area contributed by atoms with Crippen molar-refractivity contribution < 1.29 is 9.90 Å². The number of halogens is 3. The van der Waals surface area contributed by atoms with Crippen LogP contribution in [0.15, 0.2) is 18.2 Å². The van der Waals surface area contributed by atoms with Crippen molar-refractivity contribution in [2.75, 3.05) is 12.5 Å². The molecule has 0 aliphatic carbocycles. The predicted octanol–water partition coefficient (Wildman–Crippen LogP) is 3.71. The summed E-state index contributed by atoms with van der Waals surface area (Å²) in [5.74, 6) is 0. The Morgan fingerprint density at radius 1 is 1.38 bits per heavy atom. The minimum atomic E-state index is -1.04. The third-order valence-electron chi connectivity index (χ3n) is 2.08. The highest BCUT2D eigenvalue weighted by Gasteiger charge is 2.10. The van der Waals surface area contributed by atoms with E-state index in [0.717, 1.165) is 10.5 Å². The molecule has 0 fully saturated rings. The third kappa shape index (κ3) is 3.74. The van der Waals surface area contributed by atoms with E-state index < -0.39 is 6.09 Å². The largest absolute Gasteiger partial charge is 0.465 e. The Kier molecular flexibility index (Phi) is 5.19. The number of alkyl halides is 1. The molecule has 0 radical (unpaired) electrons. The highest BCUT2D eigenvalue weighted by atomic mass is 35.5. The van der Waals surface area contributed by atoms with Gasteiger partial charge in [0.25, 0.3) is 0 Å². The molecule has 0 aromatic heterocycles. The van der Waals surface area contributed by atoms with Gasteiger partial charge in [-0.25, -0.2) is 4.79 Å². The Balaban J connectivity index is 2.63. The van der Waals surface area contributed by atoms with E-state index in [0.29, 0.717) is 23.0 Å². The zero-order valence-electron chi connectivity index (χ0n) is 8.29. The van der Waals surface area contributed by atoms with Crippen LogP contribution in [0.25, 0.3) is 0 Å². The monoisotopic (exact) mass is 281 g/mol. The summed E-state index contributed by atoms with van der Waals surface area (Å²) < 4.78 is 0. The summed E-state index contributed by atoms with van der Waals surface area (Å²) in [5.41, 5.74) is 0.849. The molecular weight excluding hydrogens is 272 g/mol. The number of amides is 1. The van der Waals surface area contributed by atoms with Crippen LogP contribution < -0.4 is 0 Å². The maximum absolute atomic E-state index is 10.7. The summed E-state index contributed by atoms with van der Waals surface area (Å²) in [6, 6.07) is 5.07. The van der Waals surface area contributed by atoms with Crippen LogP contribution in [0.5, 0.6) is 0 Å². The van der Waals surface area contributed by atoms with E-state index >= 15 is 0 Å². The number of rotatable bonds is 4. The summed E-state index contributed by atoms with van der Waals surface area (Å²) in [6.45, 7) is 0.306. The van der Waals surface area contributed by atoms with E-state index in [4.69, 9.17) is 39.9 Å². The number of benzene rings is 1. The Morgan fingerprint density at radius 3 is 2.56 bits per heavy atom. The van der Waals surface area contributed by atoms with Crippen LogP contribution in [-0.4, -0.2) is 28.6 Å². The average Bonchev–Trinajstić information content (AvgIpc) is 2.21. The fourth-order valence-electron chi connectivity index (χ4n) is 1.19. The molecule has 0 atom stereocenters. The van der Waals surface area contributed by atoms with E-state index in [-0.39, 0.29) is 6.00 Å². The summed E-state index contributed by atoms with van der Waals surface area (Å²) in [5, 5.41) is 9.84. The van der Waals surface area contributed by atoms with E-state index in [2.05, 4.69) is 0 Å². The molecule has 0 saturated carbocycles. The molecule has 1 N–H and O–H groups in total. The molecule has 1 aromatic rings. The van der Waals surface area contributed by atoms with Gasteiger partial charge >= 0.3 is 6.09 Å². The van der Waals surface area contributed by atoms with Gasteiger partial charge in [-0.05, 0) is 24.1 Å². The first-order valence-corrected chi connectivity index (χ1v) is 5.81. The summed E-state index contributed by atoms with van der Waals surface area (Å²) in [6.07, 6.45) is -0.533. The first-order chi connectivity index (χ1) is 7.54. The van der Waals surface area contributed by atoms with Crippen LogP contribution in [0.3, 0.4) is 0 Å². The van der Waals surface area contributed by atoms with Crippen molar-refractivity contribution in [2.24, 2.45) is 0 Å². The topological polar surface area (TPSA) is 40.5 Å². The highest BCUT2D eigenvalue weighted by molar-refractivity contribution is 6.35. The number of nitrogens with zero attached hydrogens (tertiary/aromatic N) is 1. The van der Waals surface area contributed by atoms with Crippen molar-refractivity contribution in [3.05, 3.63) is 33.8 Å². The van der Waals surface area contributed by atoms with Gasteiger partial charge in [0, 0.05) is 16.6 Å². The fourth-order valence-corrected chi connectivity index (χ4v) is 1.91. The van der Waals surface area contributed by atoms with Crippen LogP contribution in [0.1, 0.15) is 5.56 Å². The van der Waals surface area contributed by atoms with Gasteiger partial charge in [0.05, 0.1) is 6.00 Å². The van der Waals surface area contributed by atoms with E-state index in [1.165, 1.54) is 0 Å². The summed E-state index contributed by atoms with van der Waals surface area (Å²) >= 11 is 17.2. The molecule has 16 heavy (non-hydrogen) atoms. The SMILES string of the molecule is O=C(O)N(CCl)CCc1ccc(Cl)cc1Cl. The second kappa shape index (κ2) is 6.18. The van der Waals surface area contributed by atoms with Crippen LogP contribution in [0, 0.1) is 0 Å². The standard InChI is InChI=1S/C10H10Cl3NO2/c11-6-14(10(15)16)4-3-7-1-2-8(12)5-9(7)13/h1-2,5H,3-4,6H2,(H,15,16). The molecule has 88 valence electrons. The molecule has 6 heteroatoms. The molecule has 0 aliphatic heterocycles. The van der Waals surface area contributed by atoms with Crippen molar-refractivity contribution in [1.82, 2.24) is 4.90 Å². The van der Waals surface area contributed by atoms with Gasteiger partial charge in [-0.2, -0.15) is 0 Å². The van der Waals surface area contributed by atoms with Gasteiger partial charge < -0.3 is 5.11 Å². The minimum absolute atomic E-state index is 0.0550. The molecule has 0 saturated heterocycles. The molecule has 0 unspecified atom stereocenters. The van der Waals surface area contributed by atoms with Gasteiger partial charge in [-0.3, -0.25) is 4.90 Å². The zero-order valence-corrected chi connectivity index (χ0v) is 10.6. The van der Waals surface area contributed by atoms with Crippen LogP contribution in [-0.2, 0) is 6.42 Å². The molecule has 1 rings (SSSR count). The fraction of sp³-hybridized carbons (Fsp3) is 0.300. The lowest BCUT2D eigenvalue weighted by Gasteiger charge is -2.15. The molecule has 0 spiro atoms. The number of hydrogen-bond acceptors (Lipinski definition) is 1. The molecule has 1 amide bonds. The number of hydrogen-bond donors (Lipinski definition) is 1. The van der Waals surface area contributed by atoms with Crippen LogP contribution in [0.4, 0.5) is 4.79 Å². The lowest BCUT2D eigenvalue weighted by molar-refractivity contribution is 0.153. The summed E-state index contributed by atoms with van der Waals surface area (Å²) in [7, 11) is 0. The quantitative estimate of drug-likeness (QED) is 0.675. The maximum atomic E-state index is 10.7. The van der Waals surface area contributed by atoms with Crippen molar-refractivity contribution >= 4 is 40.9 Å². The van der Waals surface area contributed by atoms with Gasteiger partial charge in [0.15, 0.2) is 0 Å². The maximum Gasteiger partial charge on any atom is 0.408 e. The van der Waals surface area contributed by atoms with E-state index in [9.17, 15) is 4.79 Å². The zero-order chi connectivity index (χ0) is 12.1. The predicted molar refractivity (Wildman–Crippen MR) is 65.6 cm³/mol. The molecule has 0 aliphatic rings. The van der Waals surface area contributed by atoms with E-state index in [1.54, 1.807) is 18.2 Å². The van der Waals surface area contributed by atoms with Gasteiger partial charge in [0.2, 0.25) is 0 Å². The Labute approximate surface area is 109 Å². The molecule has 1 aromatic carbocycles. The number of carbonyl (C=O) groups is 1. The molecular formula is C10H10Cl3NO2. The van der Waals surface area contributed by atoms with Crippen molar-refractivity contribution in [2.45, 2.75) is 6.42 Å². The Hall–Kier alpha value is -0.640. The van der Waals surface area contributed by atoms with Crippen molar-refractivity contribution in [3.63, 3.8) is 0 Å². The summed E-state index contributed by atoms with van der Waals surface area (Å²) in [4.78, 5) is 11.8. The first kappa shape index (κ1) is 13.4.